The minimum atomic E-state index is -4.75. The van der Waals surface area contributed by atoms with Gasteiger partial charge in [-0.3, -0.25) is 4.79 Å². The Morgan fingerprint density at radius 1 is 1.17 bits per heavy atom. The number of hydrogen-bond donors (Lipinski definition) is 0. The lowest BCUT2D eigenvalue weighted by Crippen LogP contribution is -2.50. The van der Waals surface area contributed by atoms with Crippen LogP contribution in [-0.2, 0) is 4.79 Å². The molecule has 0 heterocycles. The number of amides is 1. The summed E-state index contributed by atoms with van der Waals surface area (Å²) in [4.78, 5) is 13.1. The van der Waals surface area contributed by atoms with Gasteiger partial charge in [-0.2, -0.15) is 13.2 Å². The lowest BCUT2D eigenvalue weighted by molar-refractivity contribution is -0.161. The summed E-state index contributed by atoms with van der Waals surface area (Å²) < 4.78 is 35.2. The highest BCUT2D eigenvalue weighted by molar-refractivity contribution is 14.1. The molecule has 1 amide bonds. The van der Waals surface area contributed by atoms with E-state index in [1.54, 1.807) is 0 Å². The lowest BCUT2D eigenvalue weighted by Gasteiger charge is -2.30. The summed E-state index contributed by atoms with van der Waals surface area (Å²) in [5, 5.41) is 0. The highest BCUT2D eigenvalue weighted by atomic mass is 127. The number of hydrogen-bond acceptors (Lipinski definition) is 1. The monoisotopic (exact) mass is 399 g/mol. The number of nitrogens with zero attached hydrogens (tertiary/aromatic N) is 1. The van der Waals surface area contributed by atoms with Crippen molar-refractivity contribution >= 4 is 40.1 Å². The van der Waals surface area contributed by atoms with Gasteiger partial charge in [0.15, 0.2) is 0 Å². The van der Waals surface area contributed by atoms with Crippen LogP contribution >= 0.6 is 34.2 Å². The third-order valence-corrected chi connectivity index (χ3v) is 3.92. The van der Waals surface area contributed by atoms with Crippen molar-refractivity contribution in [2.24, 2.45) is 0 Å². The Morgan fingerprint density at radius 3 is 1.83 bits per heavy atom. The Kier molecular flexibility index (Phi) is 7.89. The first-order chi connectivity index (χ1) is 8.18. The zero-order valence-electron chi connectivity index (χ0n) is 10.5. The summed E-state index contributed by atoms with van der Waals surface area (Å²) in [5.74, 6) is -1.06. The molecule has 1 atom stereocenters. The molecule has 1 unspecified atom stereocenters. The lowest BCUT2D eigenvalue weighted by atomic mass is 10.2. The van der Waals surface area contributed by atoms with Crippen LogP contribution in [0.2, 0.25) is 0 Å². The molecule has 0 aliphatic heterocycles. The molecule has 18 heavy (non-hydrogen) atoms. The van der Waals surface area contributed by atoms with E-state index in [1.807, 2.05) is 13.8 Å². The van der Waals surface area contributed by atoms with Crippen molar-refractivity contribution < 1.29 is 18.0 Å². The van der Waals surface area contributed by atoms with Crippen molar-refractivity contribution in [1.29, 1.82) is 0 Å². The van der Waals surface area contributed by atoms with Gasteiger partial charge in [0.25, 0.3) is 8.79 Å². The predicted octanol–water partition coefficient (Wildman–Crippen LogP) is 4.35. The minimum Gasteiger partial charge on any atom is -0.340 e. The van der Waals surface area contributed by atoms with Gasteiger partial charge in [-0.15, -0.1) is 0 Å². The number of carbonyl (C=O) groups excluding carboxylic acids is 1. The number of halogens is 5. The van der Waals surface area contributed by atoms with Crippen LogP contribution in [0, 0.1) is 0 Å². The first-order valence-electron chi connectivity index (χ1n) is 5.92. The van der Waals surface area contributed by atoms with Gasteiger partial charge in [0.1, 0.15) is 0 Å². The molecule has 0 fully saturated rings. The van der Waals surface area contributed by atoms with Gasteiger partial charge in [0.05, 0.1) is 0 Å². The predicted molar refractivity (Wildman–Crippen MR) is 75.1 cm³/mol. The third-order valence-electron chi connectivity index (χ3n) is 2.48. The van der Waals surface area contributed by atoms with E-state index in [-0.39, 0.29) is 0 Å². The van der Waals surface area contributed by atoms with Crippen LogP contribution in [0.3, 0.4) is 0 Å². The van der Waals surface area contributed by atoms with E-state index < -0.39 is 15.0 Å². The fraction of sp³-hybridized carbons (Fsp3) is 0.909. The molecule has 7 heteroatoms. The molecule has 0 bridgehead atoms. The molecule has 0 aromatic heterocycles. The van der Waals surface area contributed by atoms with Gasteiger partial charge >= 0.3 is 6.18 Å². The SMILES string of the molecule is CCCCN(CCCC)C(=O)C(Cl)(I)C(F)(F)F. The van der Waals surface area contributed by atoms with Crippen molar-refractivity contribution in [1.82, 2.24) is 4.90 Å². The Balaban J connectivity index is 4.82. The molecular weight excluding hydrogens is 381 g/mol. The first kappa shape index (κ1) is 18.3. The molecule has 108 valence electrons. The van der Waals surface area contributed by atoms with Crippen LogP contribution in [-0.4, -0.2) is 33.0 Å². The van der Waals surface area contributed by atoms with Crippen LogP contribution in [0.5, 0.6) is 0 Å². The number of carbonyl (C=O) groups is 1. The normalized spacial score (nSPS) is 15.3. The molecule has 0 rings (SSSR count). The summed E-state index contributed by atoms with van der Waals surface area (Å²) >= 11 is 6.36. The van der Waals surface area contributed by atoms with Crippen LogP contribution in [0.25, 0.3) is 0 Å². The maximum absolute atomic E-state index is 12.7. The van der Waals surface area contributed by atoms with Gasteiger partial charge in [0, 0.05) is 13.1 Å². The van der Waals surface area contributed by atoms with E-state index in [2.05, 4.69) is 0 Å². The average molecular weight is 400 g/mol. The average Bonchev–Trinajstić information content (AvgIpc) is 2.27. The molecule has 0 saturated heterocycles. The zero-order valence-corrected chi connectivity index (χ0v) is 13.4. The van der Waals surface area contributed by atoms with Crippen LogP contribution in [0.4, 0.5) is 13.2 Å². The maximum atomic E-state index is 12.7. The molecule has 0 saturated carbocycles. The second-order valence-corrected chi connectivity index (χ2v) is 6.89. The summed E-state index contributed by atoms with van der Waals surface area (Å²) in [6.45, 7) is 4.49. The largest absolute Gasteiger partial charge is 0.425 e. The van der Waals surface area contributed by atoms with E-state index in [9.17, 15) is 18.0 Å². The maximum Gasteiger partial charge on any atom is 0.425 e. The Morgan fingerprint density at radius 2 is 1.56 bits per heavy atom. The van der Waals surface area contributed by atoms with Crippen LogP contribution in [0.1, 0.15) is 39.5 Å². The van der Waals surface area contributed by atoms with Gasteiger partial charge in [-0.1, -0.05) is 38.3 Å². The van der Waals surface area contributed by atoms with Gasteiger partial charge in [0.2, 0.25) is 0 Å². The minimum absolute atomic E-state index is 0.322. The molecule has 0 aromatic carbocycles. The molecule has 0 N–H and O–H groups in total. The fourth-order valence-electron chi connectivity index (χ4n) is 1.33. The highest BCUT2D eigenvalue weighted by Crippen LogP contribution is 2.43. The highest BCUT2D eigenvalue weighted by Gasteiger charge is 2.59. The number of rotatable bonds is 7. The fourth-order valence-corrected chi connectivity index (χ4v) is 1.79. The van der Waals surface area contributed by atoms with Crippen LogP contribution < -0.4 is 0 Å². The van der Waals surface area contributed by atoms with E-state index >= 15 is 0 Å². The van der Waals surface area contributed by atoms with Gasteiger partial charge in [-0.05, 0) is 35.4 Å². The summed E-state index contributed by atoms with van der Waals surface area (Å²) in [6.07, 6.45) is -1.76. The summed E-state index contributed by atoms with van der Waals surface area (Å²) in [6, 6.07) is 0. The van der Waals surface area contributed by atoms with Crippen molar-refractivity contribution in [3.8, 4) is 0 Å². The van der Waals surface area contributed by atoms with E-state index in [4.69, 9.17) is 11.6 Å². The van der Waals surface area contributed by atoms with E-state index in [0.717, 1.165) is 35.4 Å². The van der Waals surface area contributed by atoms with E-state index in [1.165, 1.54) is 4.90 Å². The topological polar surface area (TPSA) is 20.3 Å². The van der Waals surface area contributed by atoms with Crippen molar-refractivity contribution in [2.75, 3.05) is 13.1 Å². The molecule has 0 aromatic rings. The smallest absolute Gasteiger partial charge is 0.340 e. The Labute approximate surface area is 124 Å². The van der Waals surface area contributed by atoms with Crippen molar-refractivity contribution in [2.45, 2.75) is 48.6 Å². The van der Waals surface area contributed by atoms with Crippen LogP contribution in [0.15, 0.2) is 0 Å². The second-order valence-electron chi connectivity index (χ2n) is 4.07. The molecular formula is C11H18ClF3INO. The zero-order chi connectivity index (χ0) is 14.4. The first-order valence-corrected chi connectivity index (χ1v) is 7.38. The van der Waals surface area contributed by atoms with Gasteiger partial charge in [-0.25, -0.2) is 0 Å². The Bertz CT molecular complexity index is 264. The van der Waals surface area contributed by atoms with Gasteiger partial charge < -0.3 is 4.90 Å². The Hall–Kier alpha value is 0.280. The molecule has 0 spiro atoms. The van der Waals surface area contributed by atoms with Crippen molar-refractivity contribution in [3.05, 3.63) is 0 Å². The number of alkyl halides is 5. The third kappa shape index (κ3) is 5.11. The van der Waals surface area contributed by atoms with Crippen molar-refractivity contribution in [3.63, 3.8) is 0 Å². The number of unbranched alkanes of at least 4 members (excludes halogenated alkanes) is 2. The standard InChI is InChI=1S/C11H18ClF3INO/c1-3-5-7-17(8-6-4-2)9(18)10(12,16)11(13,14)15/h3-8H2,1-2H3. The van der Waals surface area contributed by atoms with E-state index in [0.29, 0.717) is 25.9 Å². The second kappa shape index (κ2) is 7.77. The quantitative estimate of drug-likeness (QED) is 0.460. The molecule has 0 aliphatic rings. The summed E-state index contributed by atoms with van der Waals surface area (Å²) in [7, 11) is 0. The molecule has 0 aliphatic carbocycles. The molecule has 0 radical (unpaired) electrons. The molecule has 2 nitrogen and oxygen atoms in total. The summed E-state index contributed by atoms with van der Waals surface area (Å²) in [5.41, 5.74) is 0.